The first-order chi connectivity index (χ1) is 17.0. The van der Waals surface area contributed by atoms with Crippen LogP contribution in [-0.4, -0.2) is 12.6 Å². The first kappa shape index (κ1) is 25.9. The lowest BCUT2D eigenvalue weighted by atomic mass is 10.1. The van der Waals surface area contributed by atoms with Crippen molar-refractivity contribution >= 4 is 5.97 Å². The summed E-state index contributed by atoms with van der Waals surface area (Å²) in [6.45, 7) is 2.91. The van der Waals surface area contributed by atoms with Crippen LogP contribution in [-0.2, 0) is 0 Å². The van der Waals surface area contributed by atoms with Gasteiger partial charge in [0.25, 0.3) is 0 Å². The molecule has 0 N–H and O–H groups in total. The summed E-state index contributed by atoms with van der Waals surface area (Å²) in [6, 6.07) is 15.3. The lowest BCUT2D eigenvalue weighted by Gasteiger charge is -2.06. The minimum atomic E-state index is -1.72. The van der Waals surface area contributed by atoms with E-state index in [0.717, 1.165) is 23.8 Å². The molecule has 0 aliphatic heterocycles. The van der Waals surface area contributed by atoms with E-state index < -0.39 is 29.0 Å². The third-order valence-electron chi connectivity index (χ3n) is 5.29. The highest BCUT2D eigenvalue weighted by atomic mass is 19.2. The van der Waals surface area contributed by atoms with Crippen LogP contribution in [0.4, 0.5) is 13.2 Å². The molecule has 0 aliphatic carbocycles. The molecule has 0 amide bonds. The Labute approximate surface area is 203 Å². The molecule has 0 bridgehead atoms. The second-order valence-electron chi connectivity index (χ2n) is 8.03. The number of hydrogen-bond acceptors (Lipinski definition) is 3. The molecule has 6 heteroatoms. The van der Waals surface area contributed by atoms with Crippen LogP contribution in [0.5, 0.6) is 11.5 Å². The fourth-order valence-corrected chi connectivity index (χ4v) is 3.30. The summed E-state index contributed by atoms with van der Waals surface area (Å²) in [5.74, 6) is 1.18. The maximum Gasteiger partial charge on any atom is 0.346 e. The van der Waals surface area contributed by atoms with E-state index in [4.69, 9.17) is 9.47 Å². The highest BCUT2D eigenvalue weighted by Crippen LogP contribution is 2.19. The van der Waals surface area contributed by atoms with Crippen LogP contribution in [0, 0.1) is 29.3 Å². The maximum atomic E-state index is 13.8. The van der Waals surface area contributed by atoms with Crippen LogP contribution in [0.25, 0.3) is 0 Å². The van der Waals surface area contributed by atoms with Crippen molar-refractivity contribution in [2.75, 3.05) is 6.61 Å². The molecule has 0 spiro atoms. The number of unbranched alkanes of at least 4 members (excludes halogenated alkanes) is 5. The highest BCUT2D eigenvalue weighted by Gasteiger charge is 2.20. The van der Waals surface area contributed by atoms with E-state index >= 15 is 0 Å². The van der Waals surface area contributed by atoms with Crippen LogP contribution in [0.1, 0.15) is 66.9 Å². The summed E-state index contributed by atoms with van der Waals surface area (Å²) < 4.78 is 50.9. The summed E-state index contributed by atoms with van der Waals surface area (Å²) in [4.78, 5) is 12.1. The molecule has 0 saturated carbocycles. The van der Waals surface area contributed by atoms with Crippen molar-refractivity contribution in [3.63, 3.8) is 0 Å². The van der Waals surface area contributed by atoms with Gasteiger partial charge in [-0.15, -0.1) is 0 Å². The van der Waals surface area contributed by atoms with Gasteiger partial charge in [0.1, 0.15) is 11.5 Å². The van der Waals surface area contributed by atoms with Crippen molar-refractivity contribution in [3.05, 3.63) is 94.8 Å². The third kappa shape index (κ3) is 7.92. The number of ether oxygens (including phenoxy) is 2. The second-order valence-corrected chi connectivity index (χ2v) is 8.03. The normalized spacial score (nSPS) is 10.4. The quantitative estimate of drug-likeness (QED) is 0.0993. The maximum absolute atomic E-state index is 13.8. The molecule has 0 radical (unpaired) electrons. The third-order valence-corrected chi connectivity index (χ3v) is 5.29. The molecule has 0 heterocycles. The Bertz CT molecular complexity index is 1180. The Morgan fingerprint density at radius 1 is 0.714 bits per heavy atom. The number of carbonyl (C=O) groups excluding carboxylic acids is 1. The van der Waals surface area contributed by atoms with E-state index in [1.807, 2.05) is 24.3 Å². The van der Waals surface area contributed by atoms with Crippen LogP contribution in [0.15, 0.2) is 60.7 Å². The summed E-state index contributed by atoms with van der Waals surface area (Å²) in [5.41, 5.74) is 0.806. The van der Waals surface area contributed by atoms with Crippen molar-refractivity contribution in [3.8, 4) is 23.3 Å². The van der Waals surface area contributed by atoms with Gasteiger partial charge in [0, 0.05) is 11.1 Å². The number of rotatable bonds is 10. The molecule has 0 fully saturated rings. The van der Waals surface area contributed by atoms with Gasteiger partial charge in [-0.25, -0.2) is 18.0 Å². The van der Waals surface area contributed by atoms with Gasteiger partial charge in [-0.1, -0.05) is 50.9 Å². The van der Waals surface area contributed by atoms with E-state index in [1.165, 1.54) is 44.2 Å². The van der Waals surface area contributed by atoms with Gasteiger partial charge in [0.05, 0.1) is 12.2 Å². The smallest absolute Gasteiger partial charge is 0.346 e. The van der Waals surface area contributed by atoms with E-state index in [1.54, 1.807) is 12.1 Å². The lowest BCUT2D eigenvalue weighted by Crippen LogP contribution is -2.12. The summed E-state index contributed by atoms with van der Waals surface area (Å²) in [7, 11) is 0. The van der Waals surface area contributed by atoms with E-state index in [-0.39, 0.29) is 5.75 Å². The minimum Gasteiger partial charge on any atom is -0.494 e. The van der Waals surface area contributed by atoms with Gasteiger partial charge in [-0.2, -0.15) is 0 Å². The first-order valence-corrected chi connectivity index (χ1v) is 11.7. The second kappa shape index (κ2) is 13.2. The largest absolute Gasteiger partial charge is 0.494 e. The van der Waals surface area contributed by atoms with Crippen LogP contribution in [0.2, 0.25) is 0 Å². The number of esters is 1. The van der Waals surface area contributed by atoms with Gasteiger partial charge in [-0.3, -0.25) is 0 Å². The van der Waals surface area contributed by atoms with E-state index in [0.29, 0.717) is 18.2 Å². The lowest BCUT2D eigenvalue weighted by molar-refractivity contribution is 0.0728. The fourth-order valence-electron chi connectivity index (χ4n) is 3.30. The molecule has 3 rings (SSSR count). The average molecular weight is 481 g/mol. The summed E-state index contributed by atoms with van der Waals surface area (Å²) in [5, 5.41) is 0. The summed E-state index contributed by atoms with van der Waals surface area (Å²) in [6.07, 6.45) is 7.31. The number of benzene rings is 3. The molecule has 0 saturated heterocycles. The summed E-state index contributed by atoms with van der Waals surface area (Å²) >= 11 is 0. The molecular formula is C29H27F3O3. The topological polar surface area (TPSA) is 35.5 Å². The molecule has 3 aromatic rings. The molecule has 0 aliphatic rings. The van der Waals surface area contributed by atoms with Gasteiger partial charge < -0.3 is 9.47 Å². The van der Waals surface area contributed by atoms with Crippen molar-refractivity contribution in [2.45, 2.75) is 45.4 Å². The Balaban J connectivity index is 1.50. The number of hydrogen-bond donors (Lipinski definition) is 0. The molecule has 0 atom stereocenters. The average Bonchev–Trinajstić information content (AvgIpc) is 2.87. The zero-order valence-corrected chi connectivity index (χ0v) is 19.6. The Morgan fingerprint density at radius 3 is 1.91 bits per heavy atom. The Kier molecular flexibility index (Phi) is 9.80. The van der Waals surface area contributed by atoms with Crippen molar-refractivity contribution in [1.29, 1.82) is 0 Å². The van der Waals surface area contributed by atoms with Crippen molar-refractivity contribution in [2.24, 2.45) is 0 Å². The van der Waals surface area contributed by atoms with Gasteiger partial charge in [0.2, 0.25) is 0 Å². The predicted octanol–water partition coefficient (Wildman–Crippen LogP) is 7.46. The Hall–Kier alpha value is -3.72. The van der Waals surface area contributed by atoms with Gasteiger partial charge in [0.15, 0.2) is 17.5 Å². The minimum absolute atomic E-state index is 0.122. The van der Waals surface area contributed by atoms with Crippen LogP contribution >= 0.6 is 0 Å². The van der Waals surface area contributed by atoms with Crippen LogP contribution < -0.4 is 9.47 Å². The zero-order chi connectivity index (χ0) is 25.0. The molecule has 0 aromatic heterocycles. The van der Waals surface area contributed by atoms with E-state index in [2.05, 4.69) is 18.8 Å². The number of carbonyl (C=O) groups is 1. The highest BCUT2D eigenvalue weighted by molar-refractivity contribution is 5.91. The monoisotopic (exact) mass is 480 g/mol. The van der Waals surface area contributed by atoms with Crippen molar-refractivity contribution < 1.29 is 27.4 Å². The van der Waals surface area contributed by atoms with E-state index in [9.17, 15) is 18.0 Å². The van der Waals surface area contributed by atoms with Gasteiger partial charge in [-0.05, 0) is 67.1 Å². The van der Waals surface area contributed by atoms with Crippen LogP contribution in [0.3, 0.4) is 0 Å². The molecule has 35 heavy (non-hydrogen) atoms. The fraction of sp³-hybridized carbons (Fsp3) is 0.276. The molecule has 182 valence electrons. The Morgan fingerprint density at radius 2 is 1.29 bits per heavy atom. The zero-order valence-electron chi connectivity index (χ0n) is 19.6. The first-order valence-electron chi connectivity index (χ1n) is 11.7. The molecule has 0 unspecified atom stereocenters. The SMILES string of the molecule is CCCCCCCCOc1ccc(C#Cc2ccc(OC(=O)c3ccc(F)c(F)c3F)cc2)cc1. The van der Waals surface area contributed by atoms with Gasteiger partial charge >= 0.3 is 5.97 Å². The standard InChI is InChI=1S/C29H27F3O3/c1-2-3-4-5-6-7-20-34-23-14-10-21(11-15-23)8-9-22-12-16-24(17-13-22)35-29(33)25-18-19-26(30)28(32)27(25)31/h10-19H,2-7,20H2,1H3. The number of halogens is 3. The molecular weight excluding hydrogens is 453 g/mol. The molecule has 3 aromatic carbocycles. The van der Waals surface area contributed by atoms with Crippen molar-refractivity contribution in [1.82, 2.24) is 0 Å². The predicted molar refractivity (Wildman–Crippen MR) is 129 cm³/mol. The molecule has 3 nitrogen and oxygen atoms in total.